The molecule has 0 spiro atoms. The average molecular weight is 374 g/mol. The van der Waals surface area contributed by atoms with Gasteiger partial charge >= 0.3 is 5.97 Å². The molecule has 0 bridgehead atoms. The van der Waals surface area contributed by atoms with Crippen molar-refractivity contribution < 1.29 is 19.1 Å². The van der Waals surface area contributed by atoms with Crippen LogP contribution in [-0.2, 0) is 11.2 Å². The highest BCUT2D eigenvalue weighted by Crippen LogP contribution is 2.47. The number of rotatable bonds is 5. The third kappa shape index (κ3) is 2.52. The standard InChI is InChI=1S/C24H22O4/c1-4-9-14-15-12-8-13-18(27-3)20(15)22(24(26)28-5-2)21-19(14)16-10-6-7-11-17(16)23(21)25/h6-8,10-13H,4-5,9H2,1-3H3. The second kappa shape index (κ2) is 7.12. The maximum absolute atomic E-state index is 13.4. The molecule has 0 heterocycles. The molecule has 3 aromatic rings. The van der Waals surface area contributed by atoms with E-state index in [9.17, 15) is 9.59 Å². The predicted octanol–water partition coefficient (Wildman–Crippen LogP) is 5.19. The zero-order chi connectivity index (χ0) is 19.8. The SMILES string of the molecule is CCCc1c2c(c(C(=O)OCC)c3c(OC)cccc13)C(=O)c1ccccc1-2. The van der Waals surface area contributed by atoms with Crippen LogP contribution in [0, 0.1) is 0 Å². The average Bonchev–Trinajstić information content (AvgIpc) is 3.01. The zero-order valence-corrected chi connectivity index (χ0v) is 16.3. The van der Waals surface area contributed by atoms with Crippen molar-refractivity contribution in [2.45, 2.75) is 26.7 Å². The number of ketones is 1. The highest BCUT2D eigenvalue weighted by atomic mass is 16.5. The van der Waals surface area contributed by atoms with Crippen molar-refractivity contribution in [1.29, 1.82) is 0 Å². The van der Waals surface area contributed by atoms with Gasteiger partial charge in [-0.25, -0.2) is 4.79 Å². The van der Waals surface area contributed by atoms with E-state index in [1.807, 2.05) is 42.5 Å². The van der Waals surface area contributed by atoms with E-state index < -0.39 is 5.97 Å². The van der Waals surface area contributed by atoms with Crippen LogP contribution in [0.3, 0.4) is 0 Å². The summed E-state index contributed by atoms with van der Waals surface area (Å²) < 4.78 is 10.9. The molecule has 0 unspecified atom stereocenters. The Hall–Kier alpha value is -3.14. The monoisotopic (exact) mass is 374 g/mol. The molecule has 0 atom stereocenters. The van der Waals surface area contributed by atoms with Crippen LogP contribution in [0.4, 0.5) is 0 Å². The normalized spacial score (nSPS) is 12.0. The predicted molar refractivity (Wildman–Crippen MR) is 109 cm³/mol. The van der Waals surface area contributed by atoms with Crippen molar-refractivity contribution >= 4 is 22.5 Å². The number of fused-ring (bicyclic) bond motifs is 4. The molecule has 1 aliphatic carbocycles. The molecule has 0 fully saturated rings. The number of ether oxygens (including phenoxy) is 2. The second-order valence-corrected chi connectivity index (χ2v) is 6.83. The van der Waals surface area contributed by atoms with Gasteiger partial charge in [-0.2, -0.15) is 0 Å². The summed E-state index contributed by atoms with van der Waals surface area (Å²) in [6, 6.07) is 13.3. The molecule has 28 heavy (non-hydrogen) atoms. The summed E-state index contributed by atoms with van der Waals surface area (Å²) in [5.41, 5.74) is 4.23. The summed E-state index contributed by atoms with van der Waals surface area (Å²) in [5, 5.41) is 1.60. The van der Waals surface area contributed by atoms with Crippen molar-refractivity contribution in [1.82, 2.24) is 0 Å². The highest BCUT2D eigenvalue weighted by Gasteiger charge is 2.36. The van der Waals surface area contributed by atoms with E-state index in [2.05, 4.69) is 6.92 Å². The molecular formula is C24H22O4. The molecule has 0 aromatic heterocycles. The first-order valence-corrected chi connectivity index (χ1v) is 9.60. The van der Waals surface area contributed by atoms with Crippen LogP contribution >= 0.6 is 0 Å². The van der Waals surface area contributed by atoms with Gasteiger partial charge in [0.15, 0.2) is 5.78 Å². The van der Waals surface area contributed by atoms with Gasteiger partial charge in [-0.1, -0.05) is 49.7 Å². The maximum atomic E-state index is 13.4. The number of carbonyl (C=O) groups is 2. The summed E-state index contributed by atoms with van der Waals surface area (Å²) in [6.07, 6.45) is 1.73. The minimum atomic E-state index is -0.488. The van der Waals surface area contributed by atoms with Crippen molar-refractivity contribution in [3.05, 3.63) is 64.7 Å². The molecule has 0 N–H and O–H groups in total. The van der Waals surface area contributed by atoms with Gasteiger partial charge in [0.1, 0.15) is 5.75 Å². The van der Waals surface area contributed by atoms with Crippen molar-refractivity contribution in [2.24, 2.45) is 0 Å². The van der Waals surface area contributed by atoms with E-state index in [1.165, 1.54) is 0 Å². The summed E-state index contributed by atoms with van der Waals surface area (Å²) in [4.78, 5) is 26.4. The van der Waals surface area contributed by atoms with Gasteiger partial charge < -0.3 is 9.47 Å². The van der Waals surface area contributed by atoms with Crippen LogP contribution in [0.15, 0.2) is 42.5 Å². The lowest BCUT2D eigenvalue weighted by atomic mass is 9.86. The van der Waals surface area contributed by atoms with E-state index in [0.717, 1.165) is 34.9 Å². The van der Waals surface area contributed by atoms with Crippen LogP contribution in [-0.4, -0.2) is 25.5 Å². The fourth-order valence-electron chi connectivity index (χ4n) is 4.22. The Morgan fingerprint density at radius 1 is 0.964 bits per heavy atom. The number of aryl methyl sites for hydroxylation is 1. The fraction of sp³-hybridized carbons (Fsp3) is 0.250. The summed E-state index contributed by atoms with van der Waals surface area (Å²) in [7, 11) is 1.58. The summed E-state index contributed by atoms with van der Waals surface area (Å²) in [5.74, 6) is -0.0410. The van der Waals surface area contributed by atoms with E-state index in [0.29, 0.717) is 27.8 Å². The molecule has 0 saturated heterocycles. The minimum Gasteiger partial charge on any atom is -0.496 e. The number of methoxy groups -OCH3 is 1. The molecule has 0 amide bonds. The second-order valence-electron chi connectivity index (χ2n) is 6.83. The van der Waals surface area contributed by atoms with Crippen molar-refractivity contribution in [3.63, 3.8) is 0 Å². The van der Waals surface area contributed by atoms with E-state index in [4.69, 9.17) is 9.47 Å². The molecule has 0 saturated carbocycles. The lowest BCUT2D eigenvalue weighted by Gasteiger charge is -2.19. The molecule has 0 radical (unpaired) electrons. The number of esters is 1. The van der Waals surface area contributed by atoms with E-state index in [-0.39, 0.29) is 12.4 Å². The number of hydrogen-bond donors (Lipinski definition) is 0. The molecule has 4 heteroatoms. The van der Waals surface area contributed by atoms with E-state index >= 15 is 0 Å². The highest BCUT2D eigenvalue weighted by molar-refractivity contribution is 6.30. The van der Waals surface area contributed by atoms with Crippen LogP contribution in [0.1, 0.15) is 52.1 Å². The minimum absolute atomic E-state index is 0.126. The number of carbonyl (C=O) groups excluding carboxylic acids is 2. The van der Waals surface area contributed by atoms with Crippen molar-refractivity contribution in [3.8, 4) is 16.9 Å². The topological polar surface area (TPSA) is 52.6 Å². The van der Waals surface area contributed by atoms with E-state index in [1.54, 1.807) is 14.0 Å². The first kappa shape index (κ1) is 18.2. The maximum Gasteiger partial charge on any atom is 0.339 e. The zero-order valence-electron chi connectivity index (χ0n) is 16.3. The molecule has 4 nitrogen and oxygen atoms in total. The van der Waals surface area contributed by atoms with Gasteiger partial charge in [-0.3, -0.25) is 4.79 Å². The lowest BCUT2D eigenvalue weighted by Crippen LogP contribution is -2.13. The Bertz CT molecular complexity index is 1110. The largest absolute Gasteiger partial charge is 0.496 e. The van der Waals surface area contributed by atoms with Gasteiger partial charge in [0, 0.05) is 16.5 Å². The lowest BCUT2D eigenvalue weighted by molar-refractivity contribution is 0.0526. The summed E-state index contributed by atoms with van der Waals surface area (Å²) in [6.45, 7) is 4.11. The van der Waals surface area contributed by atoms with Crippen LogP contribution < -0.4 is 4.74 Å². The Labute approximate surface area is 164 Å². The molecular weight excluding hydrogens is 352 g/mol. The molecule has 1 aliphatic rings. The quantitative estimate of drug-likeness (QED) is 0.451. The Morgan fingerprint density at radius 3 is 2.39 bits per heavy atom. The van der Waals surface area contributed by atoms with Gasteiger partial charge in [-0.15, -0.1) is 0 Å². The van der Waals surface area contributed by atoms with Crippen molar-refractivity contribution in [2.75, 3.05) is 13.7 Å². The Balaban J connectivity index is 2.23. The molecule has 142 valence electrons. The summed E-state index contributed by atoms with van der Waals surface area (Å²) >= 11 is 0. The smallest absolute Gasteiger partial charge is 0.339 e. The van der Waals surface area contributed by atoms with Gasteiger partial charge in [0.05, 0.1) is 19.3 Å². The number of benzene rings is 3. The van der Waals surface area contributed by atoms with Gasteiger partial charge in [0.2, 0.25) is 0 Å². The third-order valence-corrected chi connectivity index (χ3v) is 5.27. The fourth-order valence-corrected chi connectivity index (χ4v) is 4.22. The Kier molecular flexibility index (Phi) is 4.63. The number of hydrogen-bond acceptors (Lipinski definition) is 4. The molecule has 4 rings (SSSR count). The van der Waals surface area contributed by atoms with Gasteiger partial charge in [0.25, 0.3) is 0 Å². The van der Waals surface area contributed by atoms with Crippen LogP contribution in [0.2, 0.25) is 0 Å². The Morgan fingerprint density at radius 2 is 1.71 bits per heavy atom. The first-order valence-electron chi connectivity index (χ1n) is 9.60. The molecule has 0 aliphatic heterocycles. The third-order valence-electron chi connectivity index (χ3n) is 5.27. The first-order chi connectivity index (χ1) is 13.6. The van der Waals surface area contributed by atoms with Gasteiger partial charge in [-0.05, 0) is 41.5 Å². The van der Waals surface area contributed by atoms with Crippen LogP contribution in [0.25, 0.3) is 21.9 Å². The molecule has 3 aromatic carbocycles. The van der Waals surface area contributed by atoms with Crippen LogP contribution in [0.5, 0.6) is 5.75 Å².